The van der Waals surface area contributed by atoms with Crippen molar-refractivity contribution in [1.29, 1.82) is 5.26 Å². The highest BCUT2D eigenvalue weighted by atomic mass is 33.1. The normalized spacial score (nSPS) is 11.3. The second-order valence-corrected chi connectivity index (χ2v) is 12.2. The third-order valence-electron chi connectivity index (χ3n) is 1.80. The van der Waals surface area contributed by atoms with Gasteiger partial charge in [-0.05, 0) is 19.6 Å². The van der Waals surface area contributed by atoms with Crippen molar-refractivity contribution in [2.45, 2.75) is 25.0 Å². The molecule has 0 saturated heterocycles. The van der Waals surface area contributed by atoms with E-state index in [4.69, 9.17) is 18.2 Å². The zero-order chi connectivity index (χ0) is 15.7. The summed E-state index contributed by atoms with van der Waals surface area (Å²) in [6.45, 7) is 6.42. The van der Waals surface area contributed by atoms with Crippen LogP contribution in [0.4, 0.5) is 0 Å². The van der Waals surface area contributed by atoms with E-state index in [1.54, 1.807) is 31.7 Å². The molecule has 0 aliphatic heterocycles. The summed E-state index contributed by atoms with van der Waals surface area (Å²) in [6, 6.07) is 3.81. The molecule has 0 radical (unpaired) electrons. The molecule has 0 amide bonds. The molecule has 0 aliphatic rings. The molecule has 0 atom stereocenters. The van der Waals surface area contributed by atoms with E-state index in [1.807, 2.05) is 6.92 Å². The van der Waals surface area contributed by atoms with Gasteiger partial charge in [-0.2, -0.15) is 5.26 Å². The Morgan fingerprint density at radius 3 is 2.38 bits per heavy atom. The number of hydrogen-bond donors (Lipinski definition) is 0. The van der Waals surface area contributed by atoms with Crippen molar-refractivity contribution >= 4 is 52.2 Å². The maximum absolute atomic E-state index is 12.7. The molecule has 0 N–H and O–H groups in total. The van der Waals surface area contributed by atoms with Crippen molar-refractivity contribution < 1.29 is 17.5 Å². The van der Waals surface area contributed by atoms with E-state index in [9.17, 15) is 4.57 Å². The summed E-state index contributed by atoms with van der Waals surface area (Å²) in [5, 5.41) is 9.15. The first kappa shape index (κ1) is 19.2. The lowest BCUT2D eigenvalue weighted by molar-refractivity contribution is 0.398. The van der Waals surface area contributed by atoms with Crippen LogP contribution in [0.5, 0.6) is 5.75 Å². The maximum atomic E-state index is 12.7. The van der Waals surface area contributed by atoms with E-state index < -0.39 is 5.77 Å². The van der Waals surface area contributed by atoms with Crippen LogP contribution in [0.1, 0.15) is 25.6 Å². The zero-order valence-electron chi connectivity index (χ0n) is 11.9. The van der Waals surface area contributed by atoms with Gasteiger partial charge in [0.1, 0.15) is 34.3 Å². The lowest BCUT2D eigenvalue weighted by atomic mass is 10.5. The van der Waals surface area contributed by atoms with Crippen LogP contribution < -0.4 is 4.52 Å². The van der Waals surface area contributed by atoms with Gasteiger partial charge in [0.05, 0.1) is 17.4 Å². The highest BCUT2D eigenvalue weighted by molar-refractivity contribution is 8.87. The summed E-state index contributed by atoms with van der Waals surface area (Å²) in [6.07, 6.45) is 0. The Morgan fingerprint density at radius 1 is 1.29 bits per heavy atom. The SMILES string of the molecule is CCOSP(=O)(Oc1cc(SCC)sc1C#N)SOCC. The van der Waals surface area contributed by atoms with E-state index in [0.29, 0.717) is 23.8 Å². The number of rotatable bonds is 10. The zero-order valence-corrected chi connectivity index (χ0v) is 16.0. The van der Waals surface area contributed by atoms with E-state index in [0.717, 1.165) is 33.3 Å². The van der Waals surface area contributed by atoms with Gasteiger partial charge in [-0.25, -0.2) is 4.57 Å². The molecule has 10 heteroatoms. The molecule has 0 spiro atoms. The molecule has 0 bridgehead atoms. The summed E-state index contributed by atoms with van der Waals surface area (Å²) < 4.78 is 29.5. The van der Waals surface area contributed by atoms with Crippen molar-refractivity contribution in [3.05, 3.63) is 10.9 Å². The average molecular weight is 385 g/mol. The van der Waals surface area contributed by atoms with E-state index in [2.05, 4.69) is 6.07 Å². The predicted molar refractivity (Wildman–Crippen MR) is 92.1 cm³/mol. The molecule has 21 heavy (non-hydrogen) atoms. The third kappa shape index (κ3) is 6.45. The largest absolute Gasteiger partial charge is 0.424 e. The van der Waals surface area contributed by atoms with Crippen LogP contribution in [0.15, 0.2) is 10.3 Å². The quantitative estimate of drug-likeness (QED) is 0.293. The van der Waals surface area contributed by atoms with Gasteiger partial charge in [-0.1, -0.05) is 6.92 Å². The molecular weight excluding hydrogens is 369 g/mol. The van der Waals surface area contributed by atoms with Gasteiger partial charge >= 0.3 is 5.77 Å². The Kier molecular flexibility index (Phi) is 9.21. The number of nitriles is 1. The molecule has 0 saturated carbocycles. The summed E-state index contributed by atoms with van der Waals surface area (Å²) in [4.78, 5) is 0.403. The van der Waals surface area contributed by atoms with Crippen molar-refractivity contribution in [2.75, 3.05) is 19.0 Å². The molecule has 0 fully saturated rings. The Bertz CT molecular complexity index is 519. The first-order chi connectivity index (χ1) is 10.1. The van der Waals surface area contributed by atoms with Gasteiger partial charge in [-0.3, -0.25) is 0 Å². The van der Waals surface area contributed by atoms with Gasteiger partial charge in [0.15, 0.2) is 5.75 Å². The molecule has 1 heterocycles. The first-order valence-corrected chi connectivity index (χ1v) is 12.3. The Morgan fingerprint density at radius 2 is 1.90 bits per heavy atom. The average Bonchev–Trinajstić information content (AvgIpc) is 2.85. The minimum absolute atomic E-state index is 0.321. The van der Waals surface area contributed by atoms with E-state index >= 15 is 0 Å². The number of nitrogens with zero attached hydrogens (tertiary/aromatic N) is 1. The van der Waals surface area contributed by atoms with Gasteiger partial charge < -0.3 is 12.9 Å². The van der Waals surface area contributed by atoms with Gasteiger partial charge in [0, 0.05) is 6.07 Å². The highest BCUT2D eigenvalue weighted by Crippen LogP contribution is 2.70. The Labute approximate surface area is 141 Å². The lowest BCUT2D eigenvalue weighted by Crippen LogP contribution is -1.90. The van der Waals surface area contributed by atoms with Crippen LogP contribution in [0.2, 0.25) is 0 Å². The molecule has 5 nitrogen and oxygen atoms in total. The topological polar surface area (TPSA) is 68.5 Å². The number of thiophene rings is 1. The van der Waals surface area contributed by atoms with Crippen LogP contribution in [0.25, 0.3) is 0 Å². The molecule has 0 aromatic carbocycles. The van der Waals surface area contributed by atoms with Gasteiger partial charge in [-0.15, -0.1) is 23.1 Å². The highest BCUT2D eigenvalue weighted by Gasteiger charge is 2.31. The molecule has 1 aromatic rings. The van der Waals surface area contributed by atoms with Crippen LogP contribution in [0, 0.1) is 11.3 Å². The Balaban J connectivity index is 2.91. The fourth-order valence-electron chi connectivity index (χ4n) is 1.11. The molecule has 1 aromatic heterocycles. The molecule has 1 rings (SSSR count). The summed E-state index contributed by atoms with van der Waals surface area (Å²) in [7, 11) is 0. The summed E-state index contributed by atoms with van der Waals surface area (Å²) in [5.41, 5.74) is 0. The number of thioether (sulfide) groups is 1. The van der Waals surface area contributed by atoms with Crippen LogP contribution in [-0.4, -0.2) is 19.0 Å². The van der Waals surface area contributed by atoms with Crippen molar-refractivity contribution in [3.63, 3.8) is 0 Å². The lowest BCUT2D eigenvalue weighted by Gasteiger charge is -2.15. The second-order valence-electron chi connectivity index (χ2n) is 3.30. The van der Waals surface area contributed by atoms with Crippen LogP contribution in [0.3, 0.4) is 0 Å². The van der Waals surface area contributed by atoms with Gasteiger partial charge in [0.25, 0.3) is 0 Å². The predicted octanol–water partition coefficient (Wildman–Crippen LogP) is 5.59. The standard InChI is InChI=1S/C11H16NO4PS4/c1-4-14-20-17(13,21-15-5-2)16-9-7-11(18-6-3)19-10(9)8-12/h7H,4-6H2,1-3H3. The monoisotopic (exact) mass is 385 g/mol. The second kappa shape index (κ2) is 10.1. The fraction of sp³-hybridized carbons (Fsp3) is 0.545. The minimum Gasteiger partial charge on any atom is -0.424 e. The van der Waals surface area contributed by atoms with Crippen LogP contribution >= 0.6 is 52.2 Å². The Hall–Kier alpha value is 0.190. The molecule has 118 valence electrons. The summed E-state index contributed by atoms with van der Waals surface area (Å²) in [5.74, 6) is -2.07. The fourth-order valence-corrected chi connectivity index (χ4v) is 7.18. The van der Waals surface area contributed by atoms with Crippen molar-refractivity contribution in [3.8, 4) is 11.8 Å². The van der Waals surface area contributed by atoms with Crippen molar-refractivity contribution in [2.24, 2.45) is 0 Å². The smallest absolute Gasteiger partial charge is 0.412 e. The first-order valence-electron chi connectivity index (χ1n) is 6.17. The maximum Gasteiger partial charge on any atom is 0.412 e. The van der Waals surface area contributed by atoms with Crippen LogP contribution in [-0.2, 0) is 12.9 Å². The molecule has 0 unspecified atom stereocenters. The molecule has 0 aliphatic carbocycles. The summed E-state index contributed by atoms with van der Waals surface area (Å²) >= 11 is 4.46. The number of hydrogen-bond acceptors (Lipinski definition) is 9. The van der Waals surface area contributed by atoms with E-state index in [-0.39, 0.29) is 0 Å². The van der Waals surface area contributed by atoms with Gasteiger partial charge in [0.2, 0.25) is 0 Å². The minimum atomic E-state index is -3.28. The third-order valence-corrected chi connectivity index (χ3v) is 8.65. The molecular formula is C11H16NO4PS4. The van der Waals surface area contributed by atoms with Crippen molar-refractivity contribution in [1.82, 2.24) is 0 Å². The van der Waals surface area contributed by atoms with E-state index in [1.165, 1.54) is 11.3 Å².